The van der Waals surface area contributed by atoms with E-state index in [2.05, 4.69) is 4.90 Å². The number of carbonyl (C=O) groups excluding carboxylic acids is 2. The molecule has 8 heteroatoms. The number of hydrogen-bond acceptors (Lipinski definition) is 6. The molecule has 0 saturated carbocycles. The van der Waals surface area contributed by atoms with Crippen LogP contribution in [0.15, 0.2) is 48.5 Å². The molecule has 3 aromatic rings. The smallest absolute Gasteiger partial charge is 0.259 e. The van der Waals surface area contributed by atoms with E-state index in [4.69, 9.17) is 14.6 Å². The van der Waals surface area contributed by atoms with Crippen LogP contribution in [0.2, 0.25) is 0 Å². The molecule has 1 aliphatic carbocycles. The predicted octanol–water partition coefficient (Wildman–Crippen LogP) is 4.56. The Morgan fingerprint density at radius 3 is 2.44 bits per heavy atom. The summed E-state index contributed by atoms with van der Waals surface area (Å²) in [4.78, 5) is 31.4. The van der Waals surface area contributed by atoms with Gasteiger partial charge in [-0.2, -0.15) is 5.10 Å². The Balaban J connectivity index is 1.28. The van der Waals surface area contributed by atoms with Gasteiger partial charge in [0.2, 0.25) is 0 Å². The summed E-state index contributed by atoms with van der Waals surface area (Å²) in [6, 6.07) is 15.0. The van der Waals surface area contributed by atoms with Crippen molar-refractivity contribution in [2.45, 2.75) is 38.5 Å². The zero-order valence-corrected chi connectivity index (χ0v) is 23.2. The van der Waals surface area contributed by atoms with Crippen molar-refractivity contribution in [1.82, 2.24) is 14.7 Å². The first kappa shape index (κ1) is 26.9. The van der Waals surface area contributed by atoms with Gasteiger partial charge in [-0.1, -0.05) is 24.3 Å². The number of ketones is 1. The van der Waals surface area contributed by atoms with Crippen LogP contribution in [-0.2, 0) is 19.9 Å². The predicted molar refractivity (Wildman–Crippen MR) is 151 cm³/mol. The zero-order chi connectivity index (χ0) is 27.4. The summed E-state index contributed by atoms with van der Waals surface area (Å²) < 4.78 is 12.8. The fourth-order valence-electron chi connectivity index (χ4n) is 6.00. The summed E-state index contributed by atoms with van der Waals surface area (Å²) in [5, 5.41) is 4.78. The van der Waals surface area contributed by atoms with Crippen molar-refractivity contribution in [2.75, 3.05) is 45.3 Å². The molecule has 1 aliphatic heterocycles. The van der Waals surface area contributed by atoms with Gasteiger partial charge in [-0.3, -0.25) is 19.2 Å². The summed E-state index contributed by atoms with van der Waals surface area (Å²) in [6.07, 6.45) is 5.73. The molecule has 2 aromatic carbocycles. The average Bonchev–Trinajstić information content (AvgIpc) is 3.32. The molecule has 0 radical (unpaired) electrons. The Labute approximate surface area is 230 Å². The van der Waals surface area contributed by atoms with Gasteiger partial charge in [0.05, 0.1) is 25.5 Å². The van der Waals surface area contributed by atoms with E-state index >= 15 is 0 Å². The van der Waals surface area contributed by atoms with E-state index in [-0.39, 0.29) is 17.6 Å². The molecule has 0 unspecified atom stereocenters. The van der Waals surface area contributed by atoms with E-state index in [1.807, 2.05) is 59.1 Å². The second-order valence-electron chi connectivity index (χ2n) is 10.4. The maximum absolute atomic E-state index is 13.8. The number of methoxy groups -OCH3 is 2. The Morgan fingerprint density at radius 2 is 1.72 bits per heavy atom. The minimum absolute atomic E-state index is 0.00200. The first-order valence-electron chi connectivity index (χ1n) is 13.9. The highest BCUT2D eigenvalue weighted by molar-refractivity contribution is 6.06. The summed E-state index contributed by atoms with van der Waals surface area (Å²) >= 11 is 0. The van der Waals surface area contributed by atoms with E-state index in [0.29, 0.717) is 29.2 Å². The minimum Gasteiger partial charge on any atom is -0.493 e. The number of fused-ring (bicyclic) bond motifs is 1. The first-order chi connectivity index (χ1) is 19.0. The number of nitrogens with zero attached hydrogens (tertiary/aromatic N) is 4. The molecule has 39 heavy (non-hydrogen) atoms. The van der Waals surface area contributed by atoms with E-state index in [1.54, 1.807) is 20.3 Å². The maximum Gasteiger partial charge on any atom is 0.259 e. The van der Waals surface area contributed by atoms with E-state index in [0.717, 1.165) is 69.7 Å². The van der Waals surface area contributed by atoms with Gasteiger partial charge in [0.1, 0.15) is 5.82 Å². The molecule has 1 aromatic heterocycles. The molecule has 2 aliphatic rings. The van der Waals surface area contributed by atoms with Crippen molar-refractivity contribution < 1.29 is 19.1 Å². The number of amides is 1. The maximum atomic E-state index is 13.8. The summed E-state index contributed by atoms with van der Waals surface area (Å²) in [7, 11) is 5.10. The number of anilines is 1. The third-order valence-electron chi connectivity index (χ3n) is 8.07. The van der Waals surface area contributed by atoms with Crippen LogP contribution in [0.4, 0.5) is 5.82 Å². The Kier molecular flexibility index (Phi) is 8.31. The van der Waals surface area contributed by atoms with Crippen molar-refractivity contribution in [3.05, 3.63) is 70.9 Å². The molecular formula is C31H38N4O4. The van der Waals surface area contributed by atoms with Gasteiger partial charge in [0.25, 0.3) is 5.91 Å². The number of benzene rings is 2. The number of ether oxygens (including phenoxy) is 2. The zero-order valence-electron chi connectivity index (χ0n) is 23.2. The topological polar surface area (TPSA) is 76.9 Å². The fourth-order valence-corrected chi connectivity index (χ4v) is 6.00. The standard InChI is InChI=1S/C31H38N4O4/c1-33-30(24-12-7-8-14-26(24)32-33)35(31(37)23-10-5-4-6-11-23)21-20-34-18-16-22(17-19-34)28(36)25-13-9-15-27(38-2)29(25)39-3/h4-6,9-11,13,15,22H,7-8,12,14,16-21H2,1-3H3. The van der Waals surface area contributed by atoms with Gasteiger partial charge in [0.15, 0.2) is 17.3 Å². The monoisotopic (exact) mass is 530 g/mol. The Bertz CT molecular complexity index is 1310. The second-order valence-corrected chi connectivity index (χ2v) is 10.4. The normalized spacial score (nSPS) is 16.0. The number of aryl methyl sites for hydroxylation is 2. The first-order valence-corrected chi connectivity index (χ1v) is 13.9. The molecule has 0 atom stereocenters. The minimum atomic E-state index is -0.0617. The third-order valence-corrected chi connectivity index (χ3v) is 8.07. The largest absolute Gasteiger partial charge is 0.493 e. The van der Waals surface area contributed by atoms with Crippen molar-refractivity contribution in [1.29, 1.82) is 0 Å². The molecule has 0 N–H and O–H groups in total. The molecule has 206 valence electrons. The van der Waals surface area contributed by atoms with Crippen molar-refractivity contribution in [2.24, 2.45) is 13.0 Å². The number of likely N-dealkylation sites (tertiary alicyclic amines) is 1. The highest BCUT2D eigenvalue weighted by Gasteiger charge is 2.31. The van der Waals surface area contributed by atoms with Crippen LogP contribution in [0.25, 0.3) is 0 Å². The van der Waals surface area contributed by atoms with Crippen LogP contribution in [0, 0.1) is 5.92 Å². The van der Waals surface area contributed by atoms with Gasteiger partial charge < -0.3 is 14.4 Å². The summed E-state index contributed by atoms with van der Waals surface area (Å²) in [5.74, 6) is 2.04. The number of piperidine rings is 1. The SMILES string of the molecule is COc1cccc(C(=O)C2CCN(CCN(C(=O)c3ccccc3)c3c4c(nn3C)CCCC4)CC2)c1OC. The molecule has 1 amide bonds. The van der Waals surface area contributed by atoms with Crippen LogP contribution in [-0.4, -0.2) is 66.8 Å². The number of hydrogen-bond donors (Lipinski definition) is 0. The fraction of sp³-hybridized carbons (Fsp3) is 0.452. The molecule has 5 rings (SSSR count). The number of para-hydroxylation sites is 1. The summed E-state index contributed by atoms with van der Waals surface area (Å²) in [6.45, 7) is 2.92. The highest BCUT2D eigenvalue weighted by atomic mass is 16.5. The van der Waals surface area contributed by atoms with E-state index in [1.165, 1.54) is 5.56 Å². The molecule has 8 nitrogen and oxygen atoms in total. The number of Topliss-reactive ketones (excluding diaryl/α,β-unsaturated/α-hetero) is 1. The Morgan fingerprint density at radius 1 is 0.974 bits per heavy atom. The van der Waals surface area contributed by atoms with Crippen LogP contribution >= 0.6 is 0 Å². The highest BCUT2D eigenvalue weighted by Crippen LogP contribution is 2.34. The van der Waals surface area contributed by atoms with E-state index in [9.17, 15) is 9.59 Å². The summed E-state index contributed by atoms with van der Waals surface area (Å²) in [5.41, 5.74) is 3.59. The van der Waals surface area contributed by atoms with Crippen LogP contribution in [0.5, 0.6) is 11.5 Å². The van der Waals surface area contributed by atoms with E-state index < -0.39 is 0 Å². The second kappa shape index (κ2) is 12.0. The molecule has 1 fully saturated rings. The Hall–Kier alpha value is -3.65. The van der Waals surface area contributed by atoms with Gasteiger partial charge in [-0.25, -0.2) is 0 Å². The lowest BCUT2D eigenvalue weighted by atomic mass is 9.88. The molecular weight excluding hydrogens is 492 g/mol. The number of rotatable bonds is 9. The quantitative estimate of drug-likeness (QED) is 0.378. The lowest BCUT2D eigenvalue weighted by Gasteiger charge is -2.33. The van der Waals surface area contributed by atoms with Crippen LogP contribution in [0.1, 0.15) is 57.7 Å². The van der Waals surface area contributed by atoms with Crippen molar-refractivity contribution >= 4 is 17.5 Å². The van der Waals surface area contributed by atoms with Crippen molar-refractivity contribution in [3.8, 4) is 11.5 Å². The lowest BCUT2D eigenvalue weighted by molar-refractivity contribution is 0.0837. The number of carbonyl (C=O) groups is 2. The third kappa shape index (κ3) is 5.57. The van der Waals surface area contributed by atoms with Crippen molar-refractivity contribution in [3.63, 3.8) is 0 Å². The van der Waals surface area contributed by atoms with Gasteiger partial charge in [-0.15, -0.1) is 0 Å². The van der Waals surface area contributed by atoms with Gasteiger partial charge in [0, 0.05) is 37.2 Å². The van der Waals surface area contributed by atoms with Gasteiger partial charge in [-0.05, 0) is 75.9 Å². The van der Waals surface area contributed by atoms with Crippen LogP contribution in [0.3, 0.4) is 0 Å². The lowest BCUT2D eigenvalue weighted by Crippen LogP contribution is -2.43. The van der Waals surface area contributed by atoms with Crippen LogP contribution < -0.4 is 14.4 Å². The average molecular weight is 531 g/mol. The van der Waals surface area contributed by atoms with Gasteiger partial charge >= 0.3 is 0 Å². The number of aromatic nitrogens is 2. The molecule has 0 bridgehead atoms. The molecule has 2 heterocycles. The molecule has 1 saturated heterocycles. The molecule has 0 spiro atoms.